The number of cyclic esters (lactones) is 1. The number of fused-ring (bicyclic) bond motifs is 1. The molecule has 144 valence electrons. The molecule has 0 aliphatic carbocycles. The van der Waals surface area contributed by atoms with Crippen LogP contribution in [0.2, 0.25) is 0 Å². The summed E-state index contributed by atoms with van der Waals surface area (Å²) in [5, 5.41) is 10.1. The van der Waals surface area contributed by atoms with E-state index in [-0.39, 0.29) is 12.5 Å². The van der Waals surface area contributed by atoms with E-state index in [1.807, 2.05) is 31.2 Å². The van der Waals surface area contributed by atoms with Crippen LogP contribution >= 0.6 is 0 Å². The van der Waals surface area contributed by atoms with Crippen LogP contribution in [0.4, 0.5) is 10.7 Å². The number of ether oxygens (including phenoxy) is 1. The molecule has 1 atom stereocenters. The Kier molecular flexibility index (Phi) is 4.17. The number of rotatable bonds is 5. The molecule has 1 saturated heterocycles. The summed E-state index contributed by atoms with van der Waals surface area (Å²) in [6, 6.07) is 8.76. The van der Waals surface area contributed by atoms with Crippen molar-refractivity contribution in [2.24, 2.45) is 0 Å². The topological polar surface area (TPSA) is 106 Å². The maximum absolute atomic E-state index is 12.5. The molecule has 10 heteroatoms. The highest BCUT2D eigenvalue weighted by molar-refractivity contribution is 6.02. The first-order valence-corrected chi connectivity index (χ1v) is 8.80. The first-order chi connectivity index (χ1) is 13.4. The van der Waals surface area contributed by atoms with Crippen molar-refractivity contribution in [2.75, 3.05) is 11.6 Å². The van der Waals surface area contributed by atoms with E-state index in [4.69, 9.17) is 4.74 Å². The summed E-state index contributed by atoms with van der Waals surface area (Å²) in [6.45, 7) is 5.06. The summed E-state index contributed by atoms with van der Waals surface area (Å²) in [6.07, 6.45) is 2.55. The van der Waals surface area contributed by atoms with Crippen molar-refractivity contribution in [3.05, 3.63) is 42.7 Å². The van der Waals surface area contributed by atoms with Gasteiger partial charge in [-0.1, -0.05) is 12.1 Å². The van der Waals surface area contributed by atoms with Crippen molar-refractivity contribution < 1.29 is 14.3 Å². The molecular weight excluding hydrogens is 362 g/mol. The van der Waals surface area contributed by atoms with E-state index >= 15 is 0 Å². The lowest BCUT2D eigenvalue weighted by Crippen LogP contribution is -2.48. The van der Waals surface area contributed by atoms with Gasteiger partial charge < -0.3 is 4.74 Å². The molecule has 0 radical (unpaired) electrons. The van der Waals surface area contributed by atoms with E-state index in [0.29, 0.717) is 11.5 Å². The van der Waals surface area contributed by atoms with Crippen molar-refractivity contribution >= 4 is 29.0 Å². The first kappa shape index (κ1) is 17.8. The zero-order valence-corrected chi connectivity index (χ0v) is 15.7. The lowest BCUT2D eigenvalue weighted by Gasteiger charge is -2.30. The molecule has 2 amide bonds. The van der Waals surface area contributed by atoms with E-state index in [1.54, 1.807) is 42.1 Å². The third-order valence-electron chi connectivity index (χ3n) is 4.48. The molecule has 1 unspecified atom stereocenters. The van der Waals surface area contributed by atoms with Gasteiger partial charge in [-0.15, -0.1) is 9.89 Å². The average molecular weight is 381 g/mol. The van der Waals surface area contributed by atoms with Crippen molar-refractivity contribution in [2.45, 2.75) is 32.4 Å². The number of aromatic nitrogens is 5. The van der Waals surface area contributed by atoms with Crippen LogP contribution in [0.25, 0.3) is 11.0 Å². The molecule has 0 N–H and O–H groups in total. The molecule has 10 nitrogen and oxygen atoms in total. The van der Waals surface area contributed by atoms with E-state index in [0.717, 1.165) is 10.4 Å². The molecule has 3 aromatic rings. The van der Waals surface area contributed by atoms with Crippen molar-refractivity contribution in [1.29, 1.82) is 0 Å². The minimum atomic E-state index is -1.18. The molecule has 1 aliphatic heterocycles. The van der Waals surface area contributed by atoms with Crippen LogP contribution in [0, 0.1) is 0 Å². The van der Waals surface area contributed by atoms with Gasteiger partial charge in [0.15, 0.2) is 5.60 Å². The Labute approximate surface area is 160 Å². The second kappa shape index (κ2) is 6.55. The minimum Gasteiger partial charge on any atom is -0.433 e. The van der Waals surface area contributed by atoms with Gasteiger partial charge in [-0.3, -0.25) is 4.79 Å². The van der Waals surface area contributed by atoms with Gasteiger partial charge in [0.1, 0.15) is 11.0 Å². The molecule has 2 aromatic heterocycles. The fourth-order valence-electron chi connectivity index (χ4n) is 3.12. The Morgan fingerprint density at radius 1 is 1.14 bits per heavy atom. The Bertz CT molecular complexity index is 1030. The normalized spacial score (nSPS) is 17.0. The van der Waals surface area contributed by atoms with Gasteiger partial charge in [0.05, 0.1) is 12.6 Å². The number of para-hydroxylation sites is 1. The number of amides is 2. The quantitative estimate of drug-likeness (QED) is 0.656. The van der Waals surface area contributed by atoms with Crippen LogP contribution in [-0.2, 0) is 9.53 Å². The molecule has 28 heavy (non-hydrogen) atoms. The van der Waals surface area contributed by atoms with Gasteiger partial charge in [-0.2, -0.15) is 0 Å². The van der Waals surface area contributed by atoms with E-state index in [2.05, 4.69) is 20.3 Å². The highest BCUT2D eigenvalue weighted by atomic mass is 16.6. The van der Waals surface area contributed by atoms with Crippen LogP contribution in [-0.4, -0.2) is 60.2 Å². The molecule has 3 heterocycles. The zero-order chi connectivity index (χ0) is 19.9. The van der Waals surface area contributed by atoms with E-state index in [1.165, 1.54) is 0 Å². The number of carbonyl (C=O) groups excluding carboxylic acids is 2. The number of nitrogens with zero attached hydrogens (tertiary/aromatic N) is 7. The fraction of sp³-hybridized carbons (Fsp3) is 0.333. The third kappa shape index (κ3) is 2.92. The first-order valence-electron chi connectivity index (χ1n) is 8.80. The number of hydrogen-bond donors (Lipinski definition) is 0. The summed E-state index contributed by atoms with van der Waals surface area (Å²) in [4.78, 5) is 36.0. The van der Waals surface area contributed by atoms with Crippen LogP contribution in [0.1, 0.15) is 20.8 Å². The third-order valence-corrected chi connectivity index (χ3v) is 4.48. The van der Waals surface area contributed by atoms with Gasteiger partial charge >= 0.3 is 6.09 Å². The van der Waals surface area contributed by atoms with Gasteiger partial charge in [-0.25, -0.2) is 24.7 Å². The molecule has 0 saturated carbocycles. The summed E-state index contributed by atoms with van der Waals surface area (Å²) >= 11 is 0. The van der Waals surface area contributed by atoms with Gasteiger partial charge in [-0.05, 0) is 44.2 Å². The number of benzene rings is 1. The number of imide groups is 1. The smallest absolute Gasteiger partial charge is 0.417 e. The average Bonchev–Trinajstić information content (AvgIpc) is 3.17. The van der Waals surface area contributed by atoms with E-state index < -0.39 is 17.7 Å². The highest BCUT2D eigenvalue weighted by Crippen LogP contribution is 2.25. The maximum atomic E-state index is 12.5. The second-order valence-electron chi connectivity index (χ2n) is 7.00. The standard InChI is InChI=1S/C18H19N7O3/c1-12(11-23-15(26)18(2,3)28-17(23)27)24(16-19-9-6-10-20-16)25-14-8-5-4-7-13(14)21-22-25/h4-10,12H,11H2,1-3H3. The monoisotopic (exact) mass is 381 g/mol. The van der Waals surface area contributed by atoms with Crippen LogP contribution in [0.3, 0.4) is 0 Å². The SMILES string of the molecule is CC(CN1C(=O)OC(C)(C)C1=O)N(c1ncccn1)n1nnc2ccccc21. The lowest BCUT2D eigenvalue weighted by atomic mass is 10.1. The summed E-state index contributed by atoms with van der Waals surface area (Å²) in [5.41, 5.74) is 0.274. The molecule has 0 bridgehead atoms. The van der Waals surface area contributed by atoms with E-state index in [9.17, 15) is 9.59 Å². The van der Waals surface area contributed by atoms with Crippen molar-refractivity contribution in [3.8, 4) is 0 Å². The Hall–Kier alpha value is -3.56. The van der Waals surface area contributed by atoms with Crippen LogP contribution < -0.4 is 5.01 Å². The minimum absolute atomic E-state index is 0.0769. The summed E-state index contributed by atoms with van der Waals surface area (Å²) in [7, 11) is 0. The molecule has 1 aromatic carbocycles. The number of anilines is 1. The largest absolute Gasteiger partial charge is 0.433 e. The summed E-state index contributed by atoms with van der Waals surface area (Å²) < 4.78 is 5.17. The number of hydrogen-bond acceptors (Lipinski definition) is 8. The Morgan fingerprint density at radius 3 is 2.54 bits per heavy atom. The summed E-state index contributed by atoms with van der Waals surface area (Å²) in [5.74, 6) is -0.0216. The van der Waals surface area contributed by atoms with Gasteiger partial charge in [0, 0.05) is 12.4 Å². The Balaban J connectivity index is 1.72. The molecule has 4 rings (SSSR count). The molecule has 1 fully saturated rings. The maximum Gasteiger partial charge on any atom is 0.417 e. The Morgan fingerprint density at radius 2 is 1.86 bits per heavy atom. The zero-order valence-electron chi connectivity index (χ0n) is 15.7. The fourth-order valence-corrected chi connectivity index (χ4v) is 3.12. The molecular formula is C18H19N7O3. The van der Waals surface area contributed by atoms with Crippen molar-refractivity contribution in [3.63, 3.8) is 0 Å². The highest BCUT2D eigenvalue weighted by Gasteiger charge is 2.47. The van der Waals surface area contributed by atoms with Gasteiger partial charge in [0.25, 0.3) is 5.91 Å². The predicted molar refractivity (Wildman–Crippen MR) is 99.2 cm³/mol. The lowest BCUT2D eigenvalue weighted by molar-refractivity contribution is -0.134. The van der Waals surface area contributed by atoms with Gasteiger partial charge in [0.2, 0.25) is 5.95 Å². The molecule has 0 spiro atoms. The van der Waals surface area contributed by atoms with Crippen LogP contribution in [0.5, 0.6) is 0 Å². The molecule has 1 aliphatic rings. The van der Waals surface area contributed by atoms with Crippen LogP contribution in [0.15, 0.2) is 42.7 Å². The number of carbonyl (C=O) groups is 2. The predicted octanol–water partition coefficient (Wildman–Crippen LogP) is 1.64. The van der Waals surface area contributed by atoms with Crippen molar-refractivity contribution in [1.82, 2.24) is 30.0 Å². The second-order valence-corrected chi connectivity index (χ2v) is 7.00.